The lowest BCUT2D eigenvalue weighted by Crippen LogP contribution is -2.24. The van der Waals surface area contributed by atoms with Crippen LogP contribution in [0, 0.1) is 5.82 Å². The molecule has 0 aliphatic heterocycles. The Hall–Kier alpha value is -1.38. The normalized spacial score (nSPS) is 25.1. The van der Waals surface area contributed by atoms with Gasteiger partial charge in [-0.15, -0.1) is 0 Å². The first-order chi connectivity index (χ1) is 7.29. The number of nitrogens with one attached hydrogen (secondary N) is 1. The third-order valence-electron chi connectivity index (χ3n) is 3.06. The molecule has 2 atom stereocenters. The lowest BCUT2D eigenvalue weighted by atomic mass is 9.97. The summed E-state index contributed by atoms with van der Waals surface area (Å²) in [5, 5.41) is 2.78. The monoisotopic (exact) mass is 207 g/mol. The van der Waals surface area contributed by atoms with Crippen molar-refractivity contribution in [3.05, 3.63) is 35.6 Å². The Morgan fingerprint density at radius 1 is 1.40 bits per heavy atom. The van der Waals surface area contributed by atoms with Crippen LogP contribution >= 0.6 is 0 Å². The summed E-state index contributed by atoms with van der Waals surface area (Å²) in [6.07, 6.45) is 3.68. The Kier molecular flexibility index (Phi) is 2.99. The number of carbonyl (C=O) groups is 1. The lowest BCUT2D eigenvalue weighted by Gasteiger charge is -2.10. The summed E-state index contributed by atoms with van der Waals surface area (Å²) in [4.78, 5) is 10.3. The van der Waals surface area contributed by atoms with Gasteiger partial charge in [0.1, 0.15) is 5.82 Å². The van der Waals surface area contributed by atoms with Crippen LogP contribution in [-0.4, -0.2) is 12.5 Å². The maximum absolute atomic E-state index is 13.0. The molecule has 15 heavy (non-hydrogen) atoms. The summed E-state index contributed by atoms with van der Waals surface area (Å²) in [5.74, 6) is 0.206. The van der Waals surface area contributed by atoms with Gasteiger partial charge in [-0.3, -0.25) is 4.79 Å². The third kappa shape index (κ3) is 2.35. The van der Waals surface area contributed by atoms with E-state index in [1.807, 2.05) is 6.07 Å². The fourth-order valence-electron chi connectivity index (χ4n) is 2.29. The number of amides is 1. The molecule has 0 bridgehead atoms. The van der Waals surface area contributed by atoms with E-state index in [0.717, 1.165) is 31.2 Å². The molecule has 0 aromatic heterocycles. The highest BCUT2D eigenvalue weighted by Crippen LogP contribution is 2.34. The molecule has 80 valence electrons. The van der Waals surface area contributed by atoms with E-state index in [-0.39, 0.29) is 11.9 Å². The van der Waals surface area contributed by atoms with Crippen LogP contribution in [0.5, 0.6) is 0 Å². The van der Waals surface area contributed by atoms with Gasteiger partial charge in [-0.2, -0.15) is 0 Å². The fraction of sp³-hybridized carbons (Fsp3) is 0.417. The van der Waals surface area contributed by atoms with Gasteiger partial charge >= 0.3 is 0 Å². The molecule has 1 fully saturated rings. The van der Waals surface area contributed by atoms with Crippen LogP contribution in [0.4, 0.5) is 4.39 Å². The molecule has 0 heterocycles. The molecular weight excluding hydrogens is 193 g/mol. The minimum Gasteiger partial charge on any atom is -0.356 e. The number of rotatable bonds is 3. The number of benzene rings is 1. The van der Waals surface area contributed by atoms with E-state index < -0.39 is 0 Å². The minimum atomic E-state index is -0.181. The van der Waals surface area contributed by atoms with Gasteiger partial charge in [0, 0.05) is 6.04 Å². The van der Waals surface area contributed by atoms with Crippen LogP contribution in [0.15, 0.2) is 24.3 Å². The number of carbonyl (C=O) groups excluding carboxylic acids is 1. The molecule has 1 aromatic carbocycles. The molecule has 1 aliphatic carbocycles. The number of hydrogen-bond donors (Lipinski definition) is 1. The molecule has 0 radical (unpaired) electrons. The Morgan fingerprint density at radius 3 is 3.00 bits per heavy atom. The van der Waals surface area contributed by atoms with Gasteiger partial charge < -0.3 is 5.32 Å². The zero-order valence-corrected chi connectivity index (χ0v) is 8.45. The van der Waals surface area contributed by atoms with Crippen LogP contribution in [-0.2, 0) is 4.79 Å². The Morgan fingerprint density at radius 2 is 2.27 bits per heavy atom. The van der Waals surface area contributed by atoms with E-state index in [2.05, 4.69) is 5.32 Å². The van der Waals surface area contributed by atoms with E-state index in [1.165, 1.54) is 6.07 Å². The van der Waals surface area contributed by atoms with Gasteiger partial charge in [-0.25, -0.2) is 4.39 Å². The van der Waals surface area contributed by atoms with Crippen molar-refractivity contribution in [3.63, 3.8) is 0 Å². The van der Waals surface area contributed by atoms with E-state index in [0.29, 0.717) is 5.92 Å². The van der Waals surface area contributed by atoms with Crippen LogP contribution in [0.25, 0.3) is 0 Å². The summed E-state index contributed by atoms with van der Waals surface area (Å²) in [6, 6.07) is 7.01. The van der Waals surface area contributed by atoms with Crippen molar-refractivity contribution in [1.82, 2.24) is 5.32 Å². The van der Waals surface area contributed by atoms with Crippen molar-refractivity contribution in [2.24, 2.45) is 0 Å². The van der Waals surface area contributed by atoms with Crippen LogP contribution in [0.1, 0.15) is 30.7 Å². The van der Waals surface area contributed by atoms with Crippen molar-refractivity contribution >= 4 is 6.41 Å². The predicted octanol–water partition coefficient (Wildman–Crippen LogP) is 2.21. The van der Waals surface area contributed by atoms with Crippen LogP contribution in [0.3, 0.4) is 0 Å². The molecule has 2 unspecified atom stereocenters. The topological polar surface area (TPSA) is 29.1 Å². The lowest BCUT2D eigenvalue weighted by molar-refractivity contribution is -0.110. The first-order valence-corrected chi connectivity index (χ1v) is 5.25. The highest BCUT2D eigenvalue weighted by Gasteiger charge is 2.25. The van der Waals surface area contributed by atoms with E-state index in [9.17, 15) is 9.18 Å². The van der Waals surface area contributed by atoms with Gasteiger partial charge in [0.05, 0.1) is 0 Å². The molecule has 0 spiro atoms. The molecule has 1 saturated carbocycles. The predicted molar refractivity (Wildman–Crippen MR) is 56.0 cm³/mol. The second-order valence-electron chi connectivity index (χ2n) is 4.05. The molecule has 3 heteroatoms. The van der Waals surface area contributed by atoms with Gasteiger partial charge in [-0.05, 0) is 42.9 Å². The van der Waals surface area contributed by atoms with Crippen molar-refractivity contribution in [2.45, 2.75) is 31.2 Å². The highest BCUT2D eigenvalue weighted by molar-refractivity contribution is 5.46. The summed E-state index contributed by atoms with van der Waals surface area (Å²) in [5.41, 5.74) is 1.05. The molecule has 0 saturated heterocycles. The first-order valence-electron chi connectivity index (χ1n) is 5.25. The zero-order valence-electron chi connectivity index (χ0n) is 8.45. The average molecular weight is 207 g/mol. The second-order valence-corrected chi connectivity index (χ2v) is 4.05. The Labute approximate surface area is 88.5 Å². The van der Waals surface area contributed by atoms with Crippen LogP contribution < -0.4 is 5.32 Å². The van der Waals surface area contributed by atoms with Crippen molar-refractivity contribution < 1.29 is 9.18 Å². The molecule has 1 aromatic rings. The van der Waals surface area contributed by atoms with Gasteiger partial charge in [0.25, 0.3) is 0 Å². The van der Waals surface area contributed by atoms with E-state index in [4.69, 9.17) is 0 Å². The minimum absolute atomic E-state index is 0.181. The largest absolute Gasteiger partial charge is 0.356 e. The Balaban J connectivity index is 2.04. The standard InChI is InChI=1S/C12H14FNO/c13-11-3-1-2-9(6-11)10-4-5-12(7-10)14-8-15/h1-3,6,8,10,12H,4-5,7H2,(H,14,15). The van der Waals surface area contributed by atoms with Crippen molar-refractivity contribution in [2.75, 3.05) is 0 Å². The van der Waals surface area contributed by atoms with E-state index in [1.54, 1.807) is 12.1 Å². The molecule has 2 rings (SSSR count). The summed E-state index contributed by atoms with van der Waals surface area (Å²) in [7, 11) is 0. The number of hydrogen-bond acceptors (Lipinski definition) is 1. The van der Waals surface area contributed by atoms with Gasteiger partial charge in [0.2, 0.25) is 6.41 Å². The van der Waals surface area contributed by atoms with Crippen molar-refractivity contribution in [1.29, 1.82) is 0 Å². The average Bonchev–Trinajstić information content (AvgIpc) is 2.67. The Bertz CT molecular complexity index is 353. The maximum atomic E-state index is 13.0. The molecule has 2 nitrogen and oxygen atoms in total. The quantitative estimate of drug-likeness (QED) is 0.756. The molecule has 1 N–H and O–H groups in total. The summed E-state index contributed by atoms with van der Waals surface area (Å²) in [6.45, 7) is 0. The number of halogens is 1. The van der Waals surface area contributed by atoms with E-state index >= 15 is 0 Å². The van der Waals surface area contributed by atoms with Crippen molar-refractivity contribution in [3.8, 4) is 0 Å². The highest BCUT2D eigenvalue weighted by atomic mass is 19.1. The fourth-order valence-corrected chi connectivity index (χ4v) is 2.29. The maximum Gasteiger partial charge on any atom is 0.207 e. The molecule has 1 amide bonds. The zero-order chi connectivity index (χ0) is 10.7. The third-order valence-corrected chi connectivity index (χ3v) is 3.06. The molecule has 1 aliphatic rings. The first kappa shape index (κ1) is 10.1. The SMILES string of the molecule is O=CNC1CCC(c2cccc(F)c2)C1. The smallest absolute Gasteiger partial charge is 0.207 e. The molecular formula is C12H14FNO. The van der Waals surface area contributed by atoms with Gasteiger partial charge in [0.15, 0.2) is 0 Å². The summed E-state index contributed by atoms with van der Waals surface area (Å²) < 4.78 is 13.0. The van der Waals surface area contributed by atoms with Crippen LogP contribution in [0.2, 0.25) is 0 Å². The summed E-state index contributed by atoms with van der Waals surface area (Å²) >= 11 is 0. The second kappa shape index (κ2) is 4.43. The van der Waals surface area contributed by atoms with Gasteiger partial charge in [-0.1, -0.05) is 12.1 Å².